The van der Waals surface area contributed by atoms with E-state index in [4.69, 9.17) is 19.5 Å². The standard InChI is InChI=1S/C17H22N2O3/c18-13-14-5-1-2-7-16(14)20-10-9-19-8-4-3-6-15(19)17-21-11-12-22-17/h1-2,5,7,15,17H,3-4,6,8-12H2. The smallest absolute Gasteiger partial charge is 0.173 e. The van der Waals surface area contributed by atoms with E-state index >= 15 is 0 Å². The maximum atomic E-state index is 9.08. The molecule has 0 aromatic heterocycles. The van der Waals surface area contributed by atoms with Crippen LogP contribution in [0.2, 0.25) is 0 Å². The predicted molar refractivity (Wildman–Crippen MR) is 81.6 cm³/mol. The van der Waals surface area contributed by atoms with Gasteiger partial charge in [0.05, 0.1) is 24.8 Å². The molecular formula is C17H22N2O3. The summed E-state index contributed by atoms with van der Waals surface area (Å²) in [5.74, 6) is 0.659. The summed E-state index contributed by atoms with van der Waals surface area (Å²) < 4.78 is 17.1. The van der Waals surface area contributed by atoms with Crippen LogP contribution in [-0.4, -0.2) is 50.1 Å². The molecule has 1 aromatic rings. The van der Waals surface area contributed by atoms with Crippen molar-refractivity contribution in [2.24, 2.45) is 0 Å². The first-order valence-corrected chi connectivity index (χ1v) is 7.97. The molecule has 0 N–H and O–H groups in total. The molecule has 0 spiro atoms. The van der Waals surface area contributed by atoms with E-state index in [1.54, 1.807) is 6.07 Å². The van der Waals surface area contributed by atoms with Gasteiger partial charge in [-0.3, -0.25) is 4.90 Å². The quantitative estimate of drug-likeness (QED) is 0.834. The molecule has 0 radical (unpaired) electrons. The fraction of sp³-hybridized carbons (Fsp3) is 0.588. The van der Waals surface area contributed by atoms with Crippen LogP contribution < -0.4 is 4.74 Å². The van der Waals surface area contributed by atoms with E-state index in [1.165, 1.54) is 12.8 Å². The second kappa shape index (κ2) is 7.59. The third kappa shape index (κ3) is 3.58. The fourth-order valence-electron chi connectivity index (χ4n) is 3.16. The number of hydrogen-bond acceptors (Lipinski definition) is 5. The number of hydrogen-bond donors (Lipinski definition) is 0. The van der Waals surface area contributed by atoms with Crippen molar-refractivity contribution < 1.29 is 14.2 Å². The molecule has 3 rings (SSSR count). The summed E-state index contributed by atoms with van der Waals surface area (Å²) in [6, 6.07) is 9.84. The molecule has 2 saturated heterocycles. The summed E-state index contributed by atoms with van der Waals surface area (Å²) in [5.41, 5.74) is 0.583. The van der Waals surface area contributed by atoms with Crippen LogP contribution in [0.3, 0.4) is 0 Å². The average molecular weight is 302 g/mol. The first-order chi connectivity index (χ1) is 10.9. The number of nitriles is 1. The molecule has 2 aliphatic rings. The van der Waals surface area contributed by atoms with Crippen LogP contribution in [0.5, 0.6) is 5.75 Å². The lowest BCUT2D eigenvalue weighted by molar-refractivity contribution is -0.110. The highest BCUT2D eigenvalue weighted by atomic mass is 16.7. The van der Waals surface area contributed by atoms with Crippen LogP contribution in [0, 0.1) is 11.3 Å². The number of benzene rings is 1. The number of rotatable bonds is 5. The Morgan fingerprint density at radius 3 is 2.86 bits per heavy atom. The van der Waals surface area contributed by atoms with E-state index in [1.807, 2.05) is 18.2 Å². The van der Waals surface area contributed by atoms with Crippen LogP contribution in [0.25, 0.3) is 0 Å². The summed E-state index contributed by atoms with van der Waals surface area (Å²) in [7, 11) is 0. The molecule has 118 valence electrons. The largest absolute Gasteiger partial charge is 0.491 e. The zero-order chi connectivity index (χ0) is 15.2. The van der Waals surface area contributed by atoms with E-state index in [-0.39, 0.29) is 6.29 Å². The van der Waals surface area contributed by atoms with Gasteiger partial charge in [0.25, 0.3) is 0 Å². The van der Waals surface area contributed by atoms with Gasteiger partial charge in [0.1, 0.15) is 18.4 Å². The van der Waals surface area contributed by atoms with Crippen molar-refractivity contribution in [3.63, 3.8) is 0 Å². The molecule has 22 heavy (non-hydrogen) atoms. The molecule has 0 bridgehead atoms. The normalized spacial score (nSPS) is 23.3. The number of para-hydroxylation sites is 1. The number of ether oxygens (including phenoxy) is 3. The Morgan fingerprint density at radius 2 is 2.05 bits per heavy atom. The second-order valence-corrected chi connectivity index (χ2v) is 5.67. The van der Waals surface area contributed by atoms with Gasteiger partial charge in [-0.15, -0.1) is 0 Å². The van der Waals surface area contributed by atoms with Crippen LogP contribution in [-0.2, 0) is 9.47 Å². The molecule has 0 amide bonds. The van der Waals surface area contributed by atoms with Crippen molar-refractivity contribution in [1.82, 2.24) is 4.90 Å². The molecule has 1 aromatic carbocycles. The minimum absolute atomic E-state index is 0.0910. The molecule has 5 nitrogen and oxygen atoms in total. The van der Waals surface area contributed by atoms with Crippen molar-refractivity contribution >= 4 is 0 Å². The number of piperidine rings is 1. The molecule has 5 heteroatoms. The average Bonchev–Trinajstić information content (AvgIpc) is 3.10. The monoisotopic (exact) mass is 302 g/mol. The Hall–Kier alpha value is -1.61. The Balaban J connectivity index is 1.54. The zero-order valence-electron chi connectivity index (χ0n) is 12.7. The van der Waals surface area contributed by atoms with E-state index in [2.05, 4.69) is 11.0 Å². The molecule has 1 unspecified atom stereocenters. The first kappa shape index (κ1) is 15.3. The molecule has 2 heterocycles. The maximum Gasteiger partial charge on any atom is 0.173 e. The summed E-state index contributed by atoms with van der Waals surface area (Å²) in [6.07, 6.45) is 3.45. The van der Waals surface area contributed by atoms with E-state index in [0.717, 1.165) is 19.5 Å². The van der Waals surface area contributed by atoms with Crippen LogP contribution in [0.15, 0.2) is 24.3 Å². The van der Waals surface area contributed by atoms with Crippen LogP contribution >= 0.6 is 0 Å². The third-order valence-corrected chi connectivity index (χ3v) is 4.27. The minimum atomic E-state index is -0.0910. The van der Waals surface area contributed by atoms with Gasteiger partial charge in [0.2, 0.25) is 0 Å². The Labute approximate surface area is 131 Å². The fourth-order valence-corrected chi connectivity index (χ4v) is 3.16. The minimum Gasteiger partial charge on any atom is -0.491 e. The van der Waals surface area contributed by atoms with Gasteiger partial charge in [0.15, 0.2) is 6.29 Å². The lowest BCUT2D eigenvalue weighted by Crippen LogP contribution is -2.48. The highest BCUT2D eigenvalue weighted by Crippen LogP contribution is 2.24. The van der Waals surface area contributed by atoms with Crippen LogP contribution in [0.4, 0.5) is 0 Å². The van der Waals surface area contributed by atoms with Gasteiger partial charge in [-0.05, 0) is 31.5 Å². The predicted octanol–water partition coefficient (Wildman–Crippen LogP) is 2.16. The zero-order valence-corrected chi connectivity index (χ0v) is 12.7. The van der Waals surface area contributed by atoms with Crippen molar-refractivity contribution in [2.75, 3.05) is 32.9 Å². The molecule has 0 aliphatic carbocycles. The molecule has 1 atom stereocenters. The van der Waals surface area contributed by atoms with Crippen molar-refractivity contribution in [3.8, 4) is 11.8 Å². The lowest BCUT2D eigenvalue weighted by Gasteiger charge is -2.37. The SMILES string of the molecule is N#Cc1ccccc1OCCN1CCCCC1C1OCCO1. The van der Waals surface area contributed by atoms with Gasteiger partial charge in [-0.1, -0.05) is 18.6 Å². The van der Waals surface area contributed by atoms with Gasteiger partial charge in [-0.2, -0.15) is 5.26 Å². The maximum absolute atomic E-state index is 9.08. The third-order valence-electron chi connectivity index (χ3n) is 4.27. The van der Waals surface area contributed by atoms with E-state index < -0.39 is 0 Å². The molecular weight excluding hydrogens is 280 g/mol. The topological polar surface area (TPSA) is 54.7 Å². The molecule has 2 fully saturated rings. The second-order valence-electron chi connectivity index (χ2n) is 5.67. The highest BCUT2D eigenvalue weighted by Gasteiger charge is 2.33. The van der Waals surface area contributed by atoms with Crippen LogP contribution in [0.1, 0.15) is 24.8 Å². The van der Waals surface area contributed by atoms with Crippen molar-refractivity contribution in [1.29, 1.82) is 5.26 Å². The molecule has 0 saturated carbocycles. The van der Waals surface area contributed by atoms with Gasteiger partial charge in [0, 0.05) is 6.54 Å². The summed E-state index contributed by atoms with van der Waals surface area (Å²) in [5, 5.41) is 9.08. The van der Waals surface area contributed by atoms with Gasteiger partial charge >= 0.3 is 0 Å². The number of nitrogens with zero attached hydrogens (tertiary/aromatic N) is 2. The Kier molecular flexibility index (Phi) is 5.28. The molecule has 2 aliphatic heterocycles. The first-order valence-electron chi connectivity index (χ1n) is 7.97. The van der Waals surface area contributed by atoms with Crippen molar-refractivity contribution in [3.05, 3.63) is 29.8 Å². The highest BCUT2D eigenvalue weighted by molar-refractivity contribution is 5.42. The van der Waals surface area contributed by atoms with E-state index in [9.17, 15) is 0 Å². The van der Waals surface area contributed by atoms with Gasteiger partial charge in [-0.25, -0.2) is 0 Å². The van der Waals surface area contributed by atoms with Gasteiger partial charge < -0.3 is 14.2 Å². The Bertz CT molecular complexity index is 523. The number of likely N-dealkylation sites (tertiary alicyclic amines) is 1. The Morgan fingerprint density at radius 1 is 1.23 bits per heavy atom. The van der Waals surface area contributed by atoms with Crippen molar-refractivity contribution in [2.45, 2.75) is 31.6 Å². The summed E-state index contributed by atoms with van der Waals surface area (Å²) in [6.45, 7) is 3.84. The van der Waals surface area contributed by atoms with E-state index in [0.29, 0.717) is 37.2 Å². The lowest BCUT2D eigenvalue weighted by atomic mass is 10.0. The summed E-state index contributed by atoms with van der Waals surface area (Å²) >= 11 is 0. The summed E-state index contributed by atoms with van der Waals surface area (Å²) in [4.78, 5) is 2.40.